The highest BCUT2D eigenvalue weighted by Crippen LogP contribution is 2.18. The van der Waals surface area contributed by atoms with Gasteiger partial charge in [-0.05, 0) is 54.8 Å². The van der Waals surface area contributed by atoms with Gasteiger partial charge in [-0.25, -0.2) is 4.39 Å². The van der Waals surface area contributed by atoms with Crippen molar-refractivity contribution in [1.82, 2.24) is 5.32 Å². The summed E-state index contributed by atoms with van der Waals surface area (Å²) < 4.78 is 14.3. The Morgan fingerprint density at radius 3 is 2.53 bits per heavy atom. The molecule has 2 aromatic carbocycles. The average molecular weight is 322 g/mol. The fourth-order valence-corrected chi connectivity index (χ4v) is 2.23. The predicted octanol–water partition coefficient (Wildman–Crippen LogP) is 4.75. The SMILES string of the molecule is Cc1ccc(F)cc1CNC(C)c1ccc(Br)cc1. The number of aryl methyl sites for hydroxylation is 1. The molecular formula is C16H17BrFN. The maximum Gasteiger partial charge on any atom is 0.123 e. The minimum absolute atomic E-state index is 0.182. The maximum atomic E-state index is 13.2. The minimum Gasteiger partial charge on any atom is -0.306 e. The van der Waals surface area contributed by atoms with Crippen LogP contribution in [0.2, 0.25) is 0 Å². The molecule has 100 valence electrons. The molecule has 0 bridgehead atoms. The van der Waals surface area contributed by atoms with Crippen LogP contribution in [0.3, 0.4) is 0 Å². The summed E-state index contributed by atoms with van der Waals surface area (Å²) >= 11 is 3.43. The quantitative estimate of drug-likeness (QED) is 0.857. The third-order valence-electron chi connectivity index (χ3n) is 3.28. The Morgan fingerprint density at radius 1 is 1.16 bits per heavy atom. The van der Waals surface area contributed by atoms with Crippen molar-refractivity contribution in [1.29, 1.82) is 0 Å². The Bertz CT molecular complexity index is 551. The zero-order valence-corrected chi connectivity index (χ0v) is 12.7. The normalized spacial score (nSPS) is 12.4. The highest BCUT2D eigenvalue weighted by atomic mass is 79.9. The van der Waals surface area contributed by atoms with E-state index in [-0.39, 0.29) is 11.9 Å². The van der Waals surface area contributed by atoms with Crippen LogP contribution in [-0.2, 0) is 6.54 Å². The first-order valence-corrected chi connectivity index (χ1v) is 7.09. The molecule has 2 aromatic rings. The van der Waals surface area contributed by atoms with Gasteiger partial charge in [0.1, 0.15) is 5.82 Å². The van der Waals surface area contributed by atoms with E-state index in [1.165, 1.54) is 11.6 Å². The Labute approximate surface area is 122 Å². The smallest absolute Gasteiger partial charge is 0.123 e. The monoisotopic (exact) mass is 321 g/mol. The molecular weight excluding hydrogens is 305 g/mol. The van der Waals surface area contributed by atoms with Crippen LogP contribution in [0.4, 0.5) is 4.39 Å². The van der Waals surface area contributed by atoms with Crippen LogP contribution in [0.15, 0.2) is 46.9 Å². The average Bonchev–Trinajstić information content (AvgIpc) is 2.40. The lowest BCUT2D eigenvalue weighted by Gasteiger charge is -2.15. The third kappa shape index (κ3) is 3.88. The van der Waals surface area contributed by atoms with Gasteiger partial charge in [0.25, 0.3) is 0 Å². The molecule has 3 heteroatoms. The lowest BCUT2D eigenvalue weighted by Crippen LogP contribution is -2.18. The first-order valence-electron chi connectivity index (χ1n) is 6.30. The molecule has 1 unspecified atom stereocenters. The summed E-state index contributed by atoms with van der Waals surface area (Å²) in [5.74, 6) is -0.182. The molecule has 0 radical (unpaired) electrons. The highest BCUT2D eigenvalue weighted by molar-refractivity contribution is 9.10. The minimum atomic E-state index is -0.182. The fraction of sp³-hybridized carbons (Fsp3) is 0.250. The number of hydrogen-bond acceptors (Lipinski definition) is 1. The second-order valence-corrected chi connectivity index (χ2v) is 5.64. The summed E-state index contributed by atoms with van der Waals surface area (Å²) in [5, 5.41) is 3.42. The van der Waals surface area contributed by atoms with Crippen molar-refractivity contribution < 1.29 is 4.39 Å². The first kappa shape index (κ1) is 14.2. The molecule has 1 nitrogen and oxygen atoms in total. The van der Waals surface area contributed by atoms with Crippen molar-refractivity contribution in [3.63, 3.8) is 0 Å². The molecule has 0 fully saturated rings. The van der Waals surface area contributed by atoms with E-state index in [2.05, 4.69) is 40.3 Å². The van der Waals surface area contributed by atoms with Crippen LogP contribution >= 0.6 is 15.9 Å². The Hall–Kier alpha value is -1.19. The second kappa shape index (κ2) is 6.31. The predicted molar refractivity (Wildman–Crippen MR) is 80.5 cm³/mol. The van der Waals surface area contributed by atoms with E-state index in [1.54, 1.807) is 6.07 Å². The van der Waals surface area contributed by atoms with Crippen molar-refractivity contribution >= 4 is 15.9 Å². The van der Waals surface area contributed by atoms with Crippen LogP contribution in [0.1, 0.15) is 29.7 Å². The van der Waals surface area contributed by atoms with Gasteiger partial charge in [-0.15, -0.1) is 0 Å². The molecule has 0 saturated carbocycles. The Balaban J connectivity index is 2.02. The van der Waals surface area contributed by atoms with Crippen molar-refractivity contribution in [2.45, 2.75) is 26.4 Å². The topological polar surface area (TPSA) is 12.0 Å². The zero-order chi connectivity index (χ0) is 13.8. The molecule has 1 atom stereocenters. The second-order valence-electron chi connectivity index (χ2n) is 4.72. The Kier molecular flexibility index (Phi) is 4.72. The first-order chi connectivity index (χ1) is 9.06. The van der Waals surface area contributed by atoms with E-state index in [0.29, 0.717) is 6.54 Å². The number of rotatable bonds is 4. The molecule has 0 amide bonds. The molecule has 0 saturated heterocycles. The zero-order valence-electron chi connectivity index (χ0n) is 11.1. The van der Waals surface area contributed by atoms with Gasteiger partial charge in [0.15, 0.2) is 0 Å². The summed E-state index contributed by atoms with van der Waals surface area (Å²) in [6, 6.07) is 13.4. The van der Waals surface area contributed by atoms with Crippen molar-refractivity contribution in [3.8, 4) is 0 Å². The largest absolute Gasteiger partial charge is 0.306 e. The molecule has 0 heterocycles. The molecule has 0 spiro atoms. The number of hydrogen-bond donors (Lipinski definition) is 1. The molecule has 0 aliphatic carbocycles. The third-order valence-corrected chi connectivity index (χ3v) is 3.81. The fourth-order valence-electron chi connectivity index (χ4n) is 1.96. The Morgan fingerprint density at radius 2 is 1.84 bits per heavy atom. The van der Waals surface area contributed by atoms with E-state index in [9.17, 15) is 4.39 Å². The van der Waals surface area contributed by atoms with E-state index in [0.717, 1.165) is 15.6 Å². The summed E-state index contributed by atoms with van der Waals surface area (Å²) in [5.41, 5.74) is 3.33. The van der Waals surface area contributed by atoms with Gasteiger partial charge in [-0.1, -0.05) is 34.1 Å². The summed E-state index contributed by atoms with van der Waals surface area (Å²) in [6.07, 6.45) is 0. The van der Waals surface area contributed by atoms with Gasteiger partial charge in [-0.3, -0.25) is 0 Å². The van der Waals surface area contributed by atoms with Crippen LogP contribution in [0.25, 0.3) is 0 Å². The number of nitrogens with one attached hydrogen (secondary N) is 1. The molecule has 2 rings (SSSR count). The van der Waals surface area contributed by atoms with Gasteiger partial charge in [0.05, 0.1) is 0 Å². The molecule has 0 aliphatic heterocycles. The van der Waals surface area contributed by atoms with E-state index in [4.69, 9.17) is 0 Å². The van der Waals surface area contributed by atoms with Gasteiger partial charge in [-0.2, -0.15) is 0 Å². The lowest BCUT2D eigenvalue weighted by molar-refractivity contribution is 0.567. The van der Waals surface area contributed by atoms with Crippen molar-refractivity contribution in [2.24, 2.45) is 0 Å². The number of halogens is 2. The van der Waals surface area contributed by atoms with Crippen molar-refractivity contribution in [2.75, 3.05) is 0 Å². The molecule has 1 N–H and O–H groups in total. The van der Waals surface area contributed by atoms with Gasteiger partial charge < -0.3 is 5.32 Å². The molecule has 19 heavy (non-hydrogen) atoms. The van der Waals surface area contributed by atoms with Gasteiger partial charge in [0, 0.05) is 17.1 Å². The summed E-state index contributed by atoms with van der Waals surface area (Å²) in [7, 11) is 0. The van der Waals surface area contributed by atoms with E-state index >= 15 is 0 Å². The number of benzene rings is 2. The molecule has 0 aliphatic rings. The standard InChI is InChI=1S/C16H17BrFN/c1-11-3-8-16(18)9-14(11)10-19-12(2)13-4-6-15(17)7-5-13/h3-9,12,19H,10H2,1-2H3. The summed E-state index contributed by atoms with van der Waals surface area (Å²) in [4.78, 5) is 0. The summed E-state index contributed by atoms with van der Waals surface area (Å²) in [6.45, 7) is 4.78. The van der Waals surface area contributed by atoms with Crippen LogP contribution < -0.4 is 5.32 Å². The van der Waals surface area contributed by atoms with E-state index in [1.807, 2.05) is 25.1 Å². The highest BCUT2D eigenvalue weighted by Gasteiger charge is 2.06. The van der Waals surface area contributed by atoms with Gasteiger partial charge in [0.2, 0.25) is 0 Å². The lowest BCUT2D eigenvalue weighted by atomic mass is 10.1. The van der Waals surface area contributed by atoms with E-state index < -0.39 is 0 Å². The van der Waals surface area contributed by atoms with Crippen LogP contribution in [0, 0.1) is 12.7 Å². The maximum absolute atomic E-state index is 13.2. The molecule has 0 aromatic heterocycles. The van der Waals surface area contributed by atoms with Crippen LogP contribution in [-0.4, -0.2) is 0 Å². The van der Waals surface area contributed by atoms with Crippen LogP contribution in [0.5, 0.6) is 0 Å². The van der Waals surface area contributed by atoms with Gasteiger partial charge >= 0.3 is 0 Å². The van der Waals surface area contributed by atoms with Crippen molar-refractivity contribution in [3.05, 3.63) is 69.4 Å².